The fourth-order valence-corrected chi connectivity index (χ4v) is 2.33. The van der Waals surface area contributed by atoms with Gasteiger partial charge in [0, 0.05) is 5.38 Å². The normalized spacial score (nSPS) is 10.2. The molecule has 0 saturated carbocycles. The first-order valence-corrected chi connectivity index (χ1v) is 6.54. The van der Waals surface area contributed by atoms with Crippen molar-refractivity contribution in [1.82, 2.24) is 4.98 Å². The van der Waals surface area contributed by atoms with Crippen LogP contribution in [0.3, 0.4) is 0 Å². The standard InChI is InChI=1S/C12H9ClN2O3S/c13-7-3-1-2-4-8(7)14-10(16)5-11-15-9(6-19-11)12(17)18/h1-4,6H,5H2,(H,14,16)(H,17,18). The van der Waals surface area contributed by atoms with E-state index >= 15 is 0 Å². The molecule has 2 rings (SSSR count). The van der Waals surface area contributed by atoms with Crippen molar-refractivity contribution >= 4 is 40.5 Å². The van der Waals surface area contributed by atoms with Crippen LogP contribution in [0.1, 0.15) is 15.5 Å². The largest absolute Gasteiger partial charge is 0.476 e. The molecule has 98 valence electrons. The number of amides is 1. The molecule has 1 heterocycles. The predicted molar refractivity (Wildman–Crippen MR) is 72.9 cm³/mol. The summed E-state index contributed by atoms with van der Waals surface area (Å²) in [7, 11) is 0. The number of thiazole rings is 1. The van der Waals surface area contributed by atoms with E-state index < -0.39 is 5.97 Å². The highest BCUT2D eigenvalue weighted by Crippen LogP contribution is 2.20. The highest BCUT2D eigenvalue weighted by atomic mass is 35.5. The Bertz CT molecular complexity index is 627. The monoisotopic (exact) mass is 296 g/mol. The van der Waals surface area contributed by atoms with Crippen LogP contribution in [-0.4, -0.2) is 22.0 Å². The van der Waals surface area contributed by atoms with Crippen molar-refractivity contribution in [3.63, 3.8) is 0 Å². The molecule has 1 aromatic heterocycles. The van der Waals surface area contributed by atoms with E-state index in [9.17, 15) is 9.59 Å². The summed E-state index contributed by atoms with van der Waals surface area (Å²) in [4.78, 5) is 26.3. The van der Waals surface area contributed by atoms with E-state index in [1.54, 1.807) is 24.3 Å². The minimum atomic E-state index is -1.10. The smallest absolute Gasteiger partial charge is 0.355 e. The van der Waals surface area contributed by atoms with Gasteiger partial charge in [0.05, 0.1) is 17.1 Å². The summed E-state index contributed by atoms with van der Waals surface area (Å²) in [6.45, 7) is 0. The number of aromatic carboxylic acids is 1. The molecule has 0 atom stereocenters. The number of carboxylic acids is 1. The topological polar surface area (TPSA) is 79.3 Å². The number of benzene rings is 1. The first kappa shape index (κ1) is 13.5. The Balaban J connectivity index is 2.01. The molecule has 0 aliphatic rings. The van der Waals surface area contributed by atoms with Gasteiger partial charge in [-0.05, 0) is 12.1 Å². The average molecular weight is 297 g/mol. The van der Waals surface area contributed by atoms with Gasteiger partial charge in [-0.25, -0.2) is 9.78 Å². The Kier molecular flexibility index (Phi) is 4.13. The third kappa shape index (κ3) is 3.52. The van der Waals surface area contributed by atoms with Crippen LogP contribution in [0, 0.1) is 0 Å². The number of aromatic nitrogens is 1. The van der Waals surface area contributed by atoms with Crippen molar-refractivity contribution in [3.8, 4) is 0 Å². The predicted octanol–water partition coefficient (Wildman–Crippen LogP) is 2.68. The highest BCUT2D eigenvalue weighted by Gasteiger charge is 2.12. The minimum Gasteiger partial charge on any atom is -0.476 e. The fourth-order valence-electron chi connectivity index (χ4n) is 1.38. The number of halogens is 1. The molecular formula is C12H9ClN2O3S. The summed E-state index contributed by atoms with van der Waals surface area (Å²) in [5.74, 6) is -1.39. The Morgan fingerprint density at radius 2 is 2.11 bits per heavy atom. The second-order valence-corrected chi connectivity index (χ2v) is 4.99. The van der Waals surface area contributed by atoms with E-state index in [2.05, 4.69) is 10.3 Å². The molecule has 2 aromatic rings. The molecule has 5 nitrogen and oxygen atoms in total. The summed E-state index contributed by atoms with van der Waals surface area (Å²) in [5.41, 5.74) is 0.467. The van der Waals surface area contributed by atoms with Crippen LogP contribution in [-0.2, 0) is 11.2 Å². The maximum atomic E-state index is 11.8. The summed E-state index contributed by atoms with van der Waals surface area (Å²) in [6, 6.07) is 6.87. The van der Waals surface area contributed by atoms with Crippen molar-refractivity contribution in [3.05, 3.63) is 45.4 Å². The molecule has 0 saturated heterocycles. The summed E-state index contributed by atoms with van der Waals surface area (Å²) < 4.78 is 0. The lowest BCUT2D eigenvalue weighted by Gasteiger charge is -2.05. The summed E-state index contributed by atoms with van der Waals surface area (Å²) >= 11 is 7.05. The van der Waals surface area contributed by atoms with Gasteiger partial charge in [-0.3, -0.25) is 4.79 Å². The van der Waals surface area contributed by atoms with E-state index in [0.29, 0.717) is 15.7 Å². The maximum absolute atomic E-state index is 11.8. The fraction of sp³-hybridized carbons (Fsp3) is 0.0833. The van der Waals surface area contributed by atoms with Crippen LogP contribution >= 0.6 is 22.9 Å². The van der Waals surface area contributed by atoms with Gasteiger partial charge in [-0.1, -0.05) is 23.7 Å². The van der Waals surface area contributed by atoms with Crippen LogP contribution < -0.4 is 5.32 Å². The van der Waals surface area contributed by atoms with Crippen LogP contribution in [0.4, 0.5) is 5.69 Å². The molecule has 0 unspecified atom stereocenters. The number of para-hydroxylation sites is 1. The molecule has 2 N–H and O–H groups in total. The van der Waals surface area contributed by atoms with Gasteiger partial charge in [-0.15, -0.1) is 11.3 Å². The lowest BCUT2D eigenvalue weighted by atomic mass is 10.3. The van der Waals surface area contributed by atoms with Crippen LogP contribution in [0.25, 0.3) is 0 Å². The average Bonchev–Trinajstić information content (AvgIpc) is 2.80. The Morgan fingerprint density at radius 1 is 1.37 bits per heavy atom. The molecule has 0 spiro atoms. The van der Waals surface area contributed by atoms with Crippen molar-refractivity contribution in [2.75, 3.05) is 5.32 Å². The van der Waals surface area contributed by atoms with Crippen molar-refractivity contribution < 1.29 is 14.7 Å². The quantitative estimate of drug-likeness (QED) is 0.909. The maximum Gasteiger partial charge on any atom is 0.355 e. The number of hydrogen-bond donors (Lipinski definition) is 2. The number of carboxylic acid groups (broad SMARTS) is 1. The van der Waals surface area contributed by atoms with E-state index in [1.807, 2.05) is 0 Å². The third-order valence-electron chi connectivity index (χ3n) is 2.23. The van der Waals surface area contributed by atoms with Gasteiger partial charge in [0.2, 0.25) is 5.91 Å². The lowest BCUT2D eigenvalue weighted by molar-refractivity contribution is -0.115. The van der Waals surface area contributed by atoms with Gasteiger partial charge >= 0.3 is 5.97 Å². The number of carbonyl (C=O) groups is 2. The van der Waals surface area contributed by atoms with Crippen LogP contribution in [0.5, 0.6) is 0 Å². The molecule has 1 amide bonds. The van der Waals surface area contributed by atoms with Gasteiger partial charge in [-0.2, -0.15) is 0 Å². The molecule has 0 aliphatic carbocycles. The van der Waals surface area contributed by atoms with Crippen molar-refractivity contribution in [2.45, 2.75) is 6.42 Å². The number of rotatable bonds is 4. The zero-order chi connectivity index (χ0) is 13.8. The summed E-state index contributed by atoms with van der Waals surface area (Å²) in [5, 5.41) is 13.7. The zero-order valence-electron chi connectivity index (χ0n) is 9.59. The number of carbonyl (C=O) groups excluding carboxylic acids is 1. The molecule has 0 bridgehead atoms. The lowest BCUT2D eigenvalue weighted by Crippen LogP contribution is -2.14. The van der Waals surface area contributed by atoms with Crippen LogP contribution in [0.2, 0.25) is 5.02 Å². The third-order valence-corrected chi connectivity index (χ3v) is 3.41. The highest BCUT2D eigenvalue weighted by molar-refractivity contribution is 7.09. The molecule has 0 radical (unpaired) electrons. The van der Waals surface area contributed by atoms with E-state index in [-0.39, 0.29) is 18.0 Å². The molecule has 7 heteroatoms. The van der Waals surface area contributed by atoms with Gasteiger partial charge in [0.1, 0.15) is 5.01 Å². The van der Waals surface area contributed by atoms with Crippen LogP contribution in [0.15, 0.2) is 29.6 Å². The first-order valence-electron chi connectivity index (χ1n) is 5.28. The molecule has 19 heavy (non-hydrogen) atoms. The Morgan fingerprint density at radius 3 is 2.74 bits per heavy atom. The molecule has 0 aliphatic heterocycles. The summed E-state index contributed by atoms with van der Waals surface area (Å²) in [6.07, 6.45) is 0.0170. The molecule has 0 fully saturated rings. The number of hydrogen-bond acceptors (Lipinski definition) is 4. The van der Waals surface area contributed by atoms with E-state index in [0.717, 1.165) is 11.3 Å². The van der Waals surface area contributed by atoms with Gasteiger partial charge < -0.3 is 10.4 Å². The molecular weight excluding hydrogens is 288 g/mol. The second kappa shape index (κ2) is 5.81. The Labute approximate surface area is 117 Å². The SMILES string of the molecule is O=C(Cc1nc(C(=O)O)cs1)Nc1ccccc1Cl. The van der Waals surface area contributed by atoms with E-state index in [4.69, 9.17) is 16.7 Å². The van der Waals surface area contributed by atoms with Gasteiger partial charge in [0.25, 0.3) is 0 Å². The number of nitrogens with zero attached hydrogens (tertiary/aromatic N) is 1. The van der Waals surface area contributed by atoms with E-state index in [1.165, 1.54) is 5.38 Å². The molecule has 1 aromatic carbocycles. The first-order chi connectivity index (χ1) is 9.06. The van der Waals surface area contributed by atoms with Crippen molar-refractivity contribution in [1.29, 1.82) is 0 Å². The van der Waals surface area contributed by atoms with Gasteiger partial charge in [0.15, 0.2) is 5.69 Å². The number of anilines is 1. The minimum absolute atomic E-state index is 0.0170. The number of nitrogens with one attached hydrogen (secondary N) is 1. The zero-order valence-corrected chi connectivity index (χ0v) is 11.2. The Hall–Kier alpha value is -1.92. The second-order valence-electron chi connectivity index (χ2n) is 3.64. The van der Waals surface area contributed by atoms with Crippen molar-refractivity contribution in [2.24, 2.45) is 0 Å².